The van der Waals surface area contributed by atoms with E-state index in [0.29, 0.717) is 0 Å². The minimum atomic E-state index is -4.05. The van der Waals surface area contributed by atoms with E-state index < -0.39 is 18.6 Å². The second-order valence-corrected chi connectivity index (χ2v) is 4.90. The third kappa shape index (κ3) is 4.32. The Morgan fingerprint density at radius 2 is 1.75 bits per heavy atom. The van der Waals surface area contributed by atoms with Crippen molar-refractivity contribution in [3.05, 3.63) is 0 Å². The highest BCUT2D eigenvalue weighted by Gasteiger charge is 2.36. The molecule has 96 valence electrons. The summed E-state index contributed by atoms with van der Waals surface area (Å²) in [6.45, 7) is 2.16. The Labute approximate surface area is 95.8 Å². The number of hydrogen-bond donors (Lipinski definition) is 1. The van der Waals surface area contributed by atoms with Gasteiger partial charge >= 0.3 is 6.18 Å². The summed E-state index contributed by atoms with van der Waals surface area (Å²) in [6, 6.07) is -0.391. The van der Waals surface area contributed by atoms with Crippen LogP contribution >= 0.6 is 0 Å². The Balaban J connectivity index is 2.43. The molecule has 1 aliphatic carbocycles. The maximum atomic E-state index is 12.4. The largest absolute Gasteiger partial charge is 0.390 e. The molecule has 1 N–H and O–H groups in total. The molecule has 0 aromatic carbocycles. The molecule has 1 aliphatic rings. The lowest BCUT2D eigenvalue weighted by molar-refractivity contribution is -0.143. The lowest BCUT2D eigenvalue weighted by Crippen LogP contribution is -2.39. The summed E-state index contributed by atoms with van der Waals surface area (Å²) in [4.78, 5) is 0. The molecule has 1 rings (SSSR count). The molecule has 0 aromatic rings. The molecule has 0 aliphatic heterocycles. The van der Waals surface area contributed by atoms with Gasteiger partial charge in [0.1, 0.15) is 0 Å². The monoisotopic (exact) mass is 237 g/mol. The second kappa shape index (κ2) is 5.89. The topological polar surface area (TPSA) is 12.0 Å². The first kappa shape index (κ1) is 13.8. The first-order valence-electron chi connectivity index (χ1n) is 6.20. The number of alkyl halides is 3. The predicted octanol–water partition coefficient (Wildman–Crippen LogP) is 3.74. The molecular weight excluding hydrogens is 215 g/mol. The van der Waals surface area contributed by atoms with Gasteiger partial charge in [0.25, 0.3) is 0 Å². The second-order valence-electron chi connectivity index (χ2n) is 4.90. The van der Waals surface area contributed by atoms with Crippen molar-refractivity contribution >= 4 is 0 Å². The fourth-order valence-corrected chi connectivity index (χ4v) is 2.75. The minimum Gasteiger partial charge on any atom is -0.316 e. The highest BCUT2D eigenvalue weighted by molar-refractivity contribution is 4.82. The highest BCUT2D eigenvalue weighted by Crippen LogP contribution is 2.35. The van der Waals surface area contributed by atoms with Crippen LogP contribution in [-0.4, -0.2) is 19.3 Å². The SMILES string of the molecule is CCC1CCC(C(CC(F)(F)F)NC)CC1. The van der Waals surface area contributed by atoms with E-state index in [1.165, 1.54) is 0 Å². The van der Waals surface area contributed by atoms with Crippen LogP contribution in [0.3, 0.4) is 0 Å². The normalized spacial score (nSPS) is 29.1. The first-order chi connectivity index (χ1) is 7.46. The smallest absolute Gasteiger partial charge is 0.316 e. The summed E-state index contributed by atoms with van der Waals surface area (Å²) in [5.41, 5.74) is 0. The Bertz CT molecular complexity index is 195. The molecule has 0 heterocycles. The Kier molecular flexibility index (Phi) is 5.09. The fraction of sp³-hybridized carbons (Fsp3) is 1.00. The number of nitrogens with one attached hydrogen (secondary N) is 1. The zero-order valence-corrected chi connectivity index (χ0v) is 10.1. The number of hydrogen-bond acceptors (Lipinski definition) is 1. The van der Waals surface area contributed by atoms with E-state index in [2.05, 4.69) is 12.2 Å². The average molecular weight is 237 g/mol. The van der Waals surface area contributed by atoms with Gasteiger partial charge in [-0.2, -0.15) is 13.2 Å². The third-order valence-electron chi connectivity index (χ3n) is 3.86. The Morgan fingerprint density at radius 3 is 2.12 bits per heavy atom. The van der Waals surface area contributed by atoms with Gasteiger partial charge < -0.3 is 5.32 Å². The summed E-state index contributed by atoms with van der Waals surface area (Å²) in [7, 11) is 1.64. The minimum absolute atomic E-state index is 0.203. The van der Waals surface area contributed by atoms with E-state index in [9.17, 15) is 13.2 Å². The molecule has 4 heteroatoms. The molecule has 0 aromatic heterocycles. The maximum absolute atomic E-state index is 12.4. The van der Waals surface area contributed by atoms with Crippen LogP contribution in [0.2, 0.25) is 0 Å². The first-order valence-corrected chi connectivity index (χ1v) is 6.20. The van der Waals surface area contributed by atoms with Crippen molar-refractivity contribution in [1.82, 2.24) is 5.32 Å². The summed E-state index contributed by atoms with van der Waals surface area (Å²) in [5, 5.41) is 2.84. The average Bonchev–Trinajstić information content (AvgIpc) is 2.25. The predicted molar refractivity (Wildman–Crippen MR) is 59.3 cm³/mol. The van der Waals surface area contributed by atoms with Gasteiger partial charge in [-0.15, -0.1) is 0 Å². The zero-order chi connectivity index (χ0) is 12.2. The Hall–Kier alpha value is -0.250. The summed E-state index contributed by atoms with van der Waals surface area (Å²) >= 11 is 0. The van der Waals surface area contributed by atoms with Gasteiger partial charge in [0.2, 0.25) is 0 Å². The molecule has 1 unspecified atom stereocenters. The molecule has 0 saturated heterocycles. The molecule has 1 nitrogen and oxygen atoms in total. The van der Waals surface area contributed by atoms with E-state index in [-0.39, 0.29) is 5.92 Å². The van der Waals surface area contributed by atoms with Crippen LogP contribution in [-0.2, 0) is 0 Å². The lowest BCUT2D eigenvalue weighted by atomic mass is 9.77. The zero-order valence-electron chi connectivity index (χ0n) is 10.1. The standard InChI is InChI=1S/C12H22F3N/c1-3-9-4-6-10(7-5-9)11(16-2)8-12(13,14)15/h9-11,16H,3-8H2,1-2H3. The van der Waals surface area contributed by atoms with E-state index in [0.717, 1.165) is 38.0 Å². The van der Waals surface area contributed by atoms with Gasteiger partial charge in [-0.05, 0) is 31.7 Å². The van der Waals surface area contributed by atoms with Crippen LogP contribution in [0.15, 0.2) is 0 Å². The third-order valence-corrected chi connectivity index (χ3v) is 3.86. The van der Waals surface area contributed by atoms with Gasteiger partial charge in [-0.3, -0.25) is 0 Å². The van der Waals surface area contributed by atoms with Crippen molar-refractivity contribution in [2.24, 2.45) is 11.8 Å². The molecule has 0 radical (unpaired) electrons. The highest BCUT2D eigenvalue weighted by atomic mass is 19.4. The van der Waals surface area contributed by atoms with Gasteiger partial charge in [-0.1, -0.05) is 26.2 Å². The van der Waals surface area contributed by atoms with E-state index in [1.807, 2.05) is 0 Å². The molecule has 0 amide bonds. The van der Waals surface area contributed by atoms with Crippen LogP contribution in [0.5, 0.6) is 0 Å². The molecule has 1 saturated carbocycles. The van der Waals surface area contributed by atoms with Gasteiger partial charge in [0.05, 0.1) is 6.42 Å². The van der Waals surface area contributed by atoms with Crippen molar-refractivity contribution in [2.45, 2.75) is 57.7 Å². The van der Waals surface area contributed by atoms with Crippen LogP contribution in [0.1, 0.15) is 45.4 Å². The number of halogens is 3. The Morgan fingerprint density at radius 1 is 1.19 bits per heavy atom. The fourth-order valence-electron chi connectivity index (χ4n) is 2.75. The van der Waals surface area contributed by atoms with Crippen molar-refractivity contribution in [1.29, 1.82) is 0 Å². The molecule has 0 spiro atoms. The molecule has 16 heavy (non-hydrogen) atoms. The van der Waals surface area contributed by atoms with Crippen molar-refractivity contribution in [3.8, 4) is 0 Å². The number of rotatable bonds is 4. The molecular formula is C12H22F3N. The van der Waals surface area contributed by atoms with E-state index in [4.69, 9.17) is 0 Å². The van der Waals surface area contributed by atoms with Gasteiger partial charge in [-0.25, -0.2) is 0 Å². The van der Waals surface area contributed by atoms with Crippen LogP contribution in [0.4, 0.5) is 13.2 Å². The van der Waals surface area contributed by atoms with E-state index in [1.54, 1.807) is 7.05 Å². The van der Waals surface area contributed by atoms with E-state index >= 15 is 0 Å². The molecule has 1 atom stereocenters. The molecule has 0 bridgehead atoms. The quantitative estimate of drug-likeness (QED) is 0.785. The van der Waals surface area contributed by atoms with Gasteiger partial charge in [0.15, 0.2) is 0 Å². The lowest BCUT2D eigenvalue weighted by Gasteiger charge is -2.33. The van der Waals surface area contributed by atoms with Gasteiger partial charge in [0, 0.05) is 6.04 Å². The van der Waals surface area contributed by atoms with Crippen molar-refractivity contribution in [2.75, 3.05) is 7.05 Å². The molecule has 1 fully saturated rings. The summed E-state index contributed by atoms with van der Waals surface area (Å²) < 4.78 is 37.1. The van der Waals surface area contributed by atoms with Crippen LogP contribution in [0, 0.1) is 11.8 Å². The van der Waals surface area contributed by atoms with Crippen molar-refractivity contribution in [3.63, 3.8) is 0 Å². The maximum Gasteiger partial charge on any atom is 0.390 e. The van der Waals surface area contributed by atoms with Crippen molar-refractivity contribution < 1.29 is 13.2 Å². The van der Waals surface area contributed by atoms with Crippen LogP contribution < -0.4 is 5.32 Å². The van der Waals surface area contributed by atoms with Crippen LogP contribution in [0.25, 0.3) is 0 Å². The summed E-state index contributed by atoms with van der Waals surface area (Å²) in [5.74, 6) is 0.939. The summed E-state index contributed by atoms with van der Waals surface area (Å²) in [6.07, 6.45) is 0.505.